The summed E-state index contributed by atoms with van der Waals surface area (Å²) in [5.41, 5.74) is 2.32. The Morgan fingerprint density at radius 1 is 1.00 bits per heavy atom. The summed E-state index contributed by atoms with van der Waals surface area (Å²) >= 11 is 0. The summed E-state index contributed by atoms with van der Waals surface area (Å²) in [6, 6.07) is 13.2. The van der Waals surface area contributed by atoms with E-state index in [9.17, 15) is 9.59 Å². The third kappa shape index (κ3) is 5.69. The first kappa shape index (κ1) is 21.5. The molecular weight excluding hydrogens is 410 g/mol. The minimum atomic E-state index is -0.726. The molecule has 4 rings (SSSR count). The van der Waals surface area contributed by atoms with Gasteiger partial charge in [-0.1, -0.05) is 23.3 Å². The fourth-order valence-corrected chi connectivity index (χ4v) is 3.99. The zero-order chi connectivity index (χ0) is 22.3. The maximum absolute atomic E-state index is 12.4. The van der Waals surface area contributed by atoms with Crippen molar-refractivity contribution < 1.29 is 19.1 Å². The molecule has 0 unspecified atom stereocenters. The van der Waals surface area contributed by atoms with Crippen molar-refractivity contribution in [1.29, 1.82) is 0 Å². The van der Waals surface area contributed by atoms with Crippen LogP contribution in [0.2, 0.25) is 0 Å². The Balaban J connectivity index is 1.28. The van der Waals surface area contributed by atoms with Crippen LogP contribution in [0.15, 0.2) is 53.1 Å². The molecule has 9 heteroatoms. The number of hydrogen-bond donors (Lipinski definition) is 3. The van der Waals surface area contributed by atoms with E-state index >= 15 is 0 Å². The Kier molecular flexibility index (Phi) is 6.74. The van der Waals surface area contributed by atoms with Crippen LogP contribution in [0.1, 0.15) is 60.8 Å². The normalized spacial score (nSPS) is 18.1. The number of aliphatic carboxylic acids is 1. The van der Waals surface area contributed by atoms with Gasteiger partial charge in [-0.25, -0.2) is 0 Å². The van der Waals surface area contributed by atoms with Crippen molar-refractivity contribution in [1.82, 2.24) is 15.2 Å². The number of carbonyl (C=O) groups excluding carboxylic acids is 1. The Morgan fingerprint density at radius 2 is 1.78 bits per heavy atom. The average Bonchev–Trinajstić information content (AvgIpc) is 3.28. The van der Waals surface area contributed by atoms with Gasteiger partial charge in [-0.05, 0) is 62.3 Å². The van der Waals surface area contributed by atoms with Gasteiger partial charge in [-0.2, -0.15) is 0 Å². The largest absolute Gasteiger partial charge is 0.481 e. The molecular formula is C23H25N5O4. The second-order valence-corrected chi connectivity index (χ2v) is 7.98. The van der Waals surface area contributed by atoms with Gasteiger partial charge in [0.15, 0.2) is 0 Å². The molecule has 3 aromatic rings. The van der Waals surface area contributed by atoms with Crippen molar-refractivity contribution in [2.75, 3.05) is 10.6 Å². The SMILES string of the molecule is O=C(O)CCC1CCC(c2ccc(NC(=O)c3nnc(Nc4ccccc4)o3)cn2)CC1. The van der Waals surface area contributed by atoms with Gasteiger partial charge in [0.05, 0.1) is 11.9 Å². The van der Waals surface area contributed by atoms with E-state index in [2.05, 4.69) is 25.8 Å². The van der Waals surface area contributed by atoms with Gasteiger partial charge in [-0.3, -0.25) is 14.6 Å². The molecule has 1 aliphatic rings. The summed E-state index contributed by atoms with van der Waals surface area (Å²) < 4.78 is 5.38. The average molecular weight is 435 g/mol. The number of aromatic nitrogens is 3. The highest BCUT2D eigenvalue weighted by Gasteiger charge is 2.24. The van der Waals surface area contributed by atoms with E-state index in [1.54, 1.807) is 6.20 Å². The number of carbonyl (C=O) groups is 2. The van der Waals surface area contributed by atoms with E-state index in [1.807, 2.05) is 42.5 Å². The number of anilines is 3. The minimum absolute atomic E-state index is 0.133. The van der Waals surface area contributed by atoms with Gasteiger partial charge in [0, 0.05) is 23.7 Å². The molecule has 2 heterocycles. The van der Waals surface area contributed by atoms with Crippen LogP contribution in [-0.2, 0) is 4.79 Å². The third-order valence-electron chi connectivity index (χ3n) is 5.72. The molecule has 2 aromatic heterocycles. The highest BCUT2D eigenvalue weighted by molar-refractivity contribution is 6.00. The highest BCUT2D eigenvalue weighted by atomic mass is 16.4. The lowest BCUT2D eigenvalue weighted by atomic mass is 9.78. The summed E-state index contributed by atoms with van der Waals surface area (Å²) in [6.07, 6.45) is 6.67. The lowest BCUT2D eigenvalue weighted by molar-refractivity contribution is -0.137. The highest BCUT2D eigenvalue weighted by Crippen LogP contribution is 2.37. The number of carboxylic acid groups (broad SMARTS) is 1. The van der Waals surface area contributed by atoms with Crippen molar-refractivity contribution in [3.8, 4) is 0 Å². The van der Waals surface area contributed by atoms with E-state index in [4.69, 9.17) is 9.52 Å². The molecule has 0 radical (unpaired) electrons. The maximum Gasteiger partial charge on any atom is 0.320 e. The predicted octanol–water partition coefficient (Wildman–Crippen LogP) is 4.60. The van der Waals surface area contributed by atoms with Crippen molar-refractivity contribution in [3.63, 3.8) is 0 Å². The number of rotatable bonds is 8. The van der Waals surface area contributed by atoms with Crippen molar-refractivity contribution in [2.45, 2.75) is 44.4 Å². The van der Waals surface area contributed by atoms with Crippen LogP contribution in [0, 0.1) is 5.92 Å². The first-order valence-electron chi connectivity index (χ1n) is 10.7. The third-order valence-corrected chi connectivity index (χ3v) is 5.72. The number of pyridine rings is 1. The fraction of sp³-hybridized carbons (Fsp3) is 0.348. The van der Waals surface area contributed by atoms with Gasteiger partial charge >= 0.3 is 23.8 Å². The van der Waals surface area contributed by atoms with Crippen molar-refractivity contribution in [3.05, 3.63) is 60.2 Å². The monoisotopic (exact) mass is 435 g/mol. The van der Waals surface area contributed by atoms with E-state index in [0.717, 1.165) is 43.5 Å². The minimum Gasteiger partial charge on any atom is -0.481 e. The van der Waals surface area contributed by atoms with Gasteiger partial charge in [0.1, 0.15) is 0 Å². The van der Waals surface area contributed by atoms with Crippen LogP contribution in [0.4, 0.5) is 17.4 Å². The Bertz CT molecular complexity index is 1040. The molecule has 1 saturated carbocycles. The summed E-state index contributed by atoms with van der Waals surface area (Å²) in [5.74, 6) is -0.532. The lowest BCUT2D eigenvalue weighted by Crippen LogP contribution is -2.16. The zero-order valence-electron chi connectivity index (χ0n) is 17.5. The Labute approximate surface area is 185 Å². The number of benzene rings is 1. The van der Waals surface area contributed by atoms with E-state index in [-0.39, 0.29) is 18.3 Å². The quantitative estimate of drug-likeness (QED) is 0.468. The standard InChI is InChI=1S/C23H25N5O4/c29-20(30)13-8-15-6-9-16(10-7-15)19-12-11-18(14-24-19)25-21(31)22-27-28-23(32-22)26-17-4-2-1-3-5-17/h1-5,11-12,14-16H,6-10,13H2,(H,25,31)(H,26,28)(H,29,30). The topological polar surface area (TPSA) is 130 Å². The molecule has 0 saturated heterocycles. The maximum atomic E-state index is 12.4. The van der Waals surface area contributed by atoms with Crippen LogP contribution in [0.25, 0.3) is 0 Å². The molecule has 1 fully saturated rings. The van der Waals surface area contributed by atoms with E-state index < -0.39 is 11.9 Å². The number of amides is 1. The van der Waals surface area contributed by atoms with E-state index in [0.29, 0.717) is 17.5 Å². The van der Waals surface area contributed by atoms with Crippen molar-refractivity contribution >= 4 is 29.3 Å². The number of carboxylic acids is 1. The van der Waals surface area contributed by atoms with Gasteiger partial charge in [0.25, 0.3) is 0 Å². The molecule has 1 aromatic carbocycles. The first-order chi connectivity index (χ1) is 15.6. The molecule has 0 bridgehead atoms. The molecule has 3 N–H and O–H groups in total. The molecule has 1 aliphatic carbocycles. The summed E-state index contributed by atoms with van der Waals surface area (Å²) in [5, 5.41) is 22.1. The summed E-state index contributed by atoms with van der Waals surface area (Å²) in [4.78, 5) is 27.7. The van der Waals surface area contributed by atoms with Gasteiger partial charge in [0.2, 0.25) is 0 Å². The Hall–Kier alpha value is -3.75. The van der Waals surface area contributed by atoms with E-state index in [1.165, 1.54) is 0 Å². The predicted molar refractivity (Wildman–Crippen MR) is 118 cm³/mol. The van der Waals surface area contributed by atoms with Crippen molar-refractivity contribution in [2.24, 2.45) is 5.92 Å². The van der Waals surface area contributed by atoms with Crippen LogP contribution in [-0.4, -0.2) is 32.2 Å². The second-order valence-electron chi connectivity index (χ2n) is 7.98. The Morgan fingerprint density at radius 3 is 2.47 bits per heavy atom. The lowest BCUT2D eigenvalue weighted by Gasteiger charge is -2.27. The second kappa shape index (κ2) is 10.0. The van der Waals surface area contributed by atoms with Gasteiger partial charge in [-0.15, -0.1) is 5.10 Å². The van der Waals surface area contributed by atoms with Gasteiger partial charge < -0.3 is 20.2 Å². The first-order valence-corrected chi connectivity index (χ1v) is 10.7. The molecule has 9 nitrogen and oxygen atoms in total. The van der Waals surface area contributed by atoms with Crippen LogP contribution < -0.4 is 10.6 Å². The molecule has 0 aliphatic heterocycles. The molecule has 32 heavy (non-hydrogen) atoms. The number of nitrogens with zero attached hydrogens (tertiary/aromatic N) is 3. The number of hydrogen-bond acceptors (Lipinski definition) is 7. The summed E-state index contributed by atoms with van der Waals surface area (Å²) in [7, 11) is 0. The zero-order valence-corrected chi connectivity index (χ0v) is 17.5. The number of nitrogens with one attached hydrogen (secondary N) is 2. The summed E-state index contributed by atoms with van der Waals surface area (Å²) in [6.45, 7) is 0. The molecule has 0 spiro atoms. The number of para-hydroxylation sites is 1. The van der Waals surface area contributed by atoms with Crippen LogP contribution in [0.3, 0.4) is 0 Å². The molecule has 166 valence electrons. The molecule has 0 atom stereocenters. The van der Waals surface area contributed by atoms with Crippen LogP contribution >= 0.6 is 0 Å². The smallest absolute Gasteiger partial charge is 0.320 e. The molecule has 1 amide bonds. The van der Waals surface area contributed by atoms with Crippen LogP contribution in [0.5, 0.6) is 0 Å². The fourth-order valence-electron chi connectivity index (χ4n) is 3.99.